The van der Waals surface area contributed by atoms with Gasteiger partial charge in [-0.2, -0.15) is 10.5 Å². The Morgan fingerprint density at radius 2 is 1.36 bits per heavy atom. The fourth-order valence-electron chi connectivity index (χ4n) is 8.82. The van der Waals surface area contributed by atoms with Crippen molar-refractivity contribution in [1.29, 1.82) is 10.5 Å². The van der Waals surface area contributed by atoms with Crippen molar-refractivity contribution in [1.82, 2.24) is 0 Å². The molecule has 0 aromatic carbocycles. The molecular formula is C25H34N2O. The van der Waals surface area contributed by atoms with Gasteiger partial charge in [-0.3, -0.25) is 4.79 Å². The summed E-state index contributed by atoms with van der Waals surface area (Å²) in [5, 5.41) is 20.2. The molecule has 1 atom stereocenters. The van der Waals surface area contributed by atoms with E-state index in [1.165, 1.54) is 19.3 Å². The van der Waals surface area contributed by atoms with Crippen LogP contribution in [0.1, 0.15) is 85.0 Å². The van der Waals surface area contributed by atoms with E-state index >= 15 is 0 Å². The zero-order valence-corrected chi connectivity index (χ0v) is 17.8. The van der Waals surface area contributed by atoms with Crippen LogP contribution in [0.4, 0.5) is 0 Å². The minimum Gasteiger partial charge on any atom is -0.299 e. The molecule has 4 bridgehead atoms. The number of Topliss-reactive ketones (excluding diaryl/α,β-unsaturated/α-hetero) is 1. The second-order valence-corrected chi connectivity index (χ2v) is 12.3. The van der Waals surface area contributed by atoms with Gasteiger partial charge in [0.2, 0.25) is 0 Å². The molecule has 0 unspecified atom stereocenters. The molecule has 1 spiro atoms. The lowest BCUT2D eigenvalue weighted by Gasteiger charge is -2.56. The van der Waals surface area contributed by atoms with E-state index in [0.29, 0.717) is 11.7 Å². The minimum absolute atomic E-state index is 0.192. The van der Waals surface area contributed by atoms with Crippen LogP contribution in [0.15, 0.2) is 0 Å². The first kappa shape index (κ1) is 18.7. The average Bonchev–Trinajstić information content (AvgIpc) is 3.19. The Kier molecular flexibility index (Phi) is 3.75. The maximum atomic E-state index is 14.0. The van der Waals surface area contributed by atoms with Gasteiger partial charge in [0, 0.05) is 10.8 Å². The molecule has 3 nitrogen and oxygen atoms in total. The van der Waals surface area contributed by atoms with E-state index in [1.54, 1.807) is 0 Å². The highest BCUT2D eigenvalue weighted by Crippen LogP contribution is 2.78. The Balaban J connectivity index is 1.44. The third-order valence-corrected chi connectivity index (χ3v) is 9.97. The Hall–Kier alpha value is -1.35. The largest absolute Gasteiger partial charge is 0.299 e. The summed E-state index contributed by atoms with van der Waals surface area (Å²) in [5.41, 5.74) is -1.32. The third-order valence-electron chi connectivity index (χ3n) is 9.97. The number of hydrogen-bond donors (Lipinski definition) is 0. The molecule has 150 valence electrons. The quantitative estimate of drug-likeness (QED) is 0.623. The van der Waals surface area contributed by atoms with Crippen molar-refractivity contribution in [2.24, 2.45) is 51.2 Å². The number of hydrogen-bond acceptors (Lipinski definition) is 3. The summed E-state index contributed by atoms with van der Waals surface area (Å²) in [7, 11) is 0. The second kappa shape index (κ2) is 5.62. The second-order valence-electron chi connectivity index (χ2n) is 12.3. The van der Waals surface area contributed by atoms with Crippen molar-refractivity contribution in [3.05, 3.63) is 0 Å². The van der Waals surface area contributed by atoms with Gasteiger partial charge in [0.1, 0.15) is 5.78 Å². The molecule has 0 N–H and O–H groups in total. The average molecular weight is 379 g/mol. The summed E-state index contributed by atoms with van der Waals surface area (Å²) in [6.45, 7) is 6.88. The molecular weight excluding hydrogens is 344 g/mol. The Morgan fingerprint density at radius 3 is 1.75 bits per heavy atom. The lowest BCUT2D eigenvalue weighted by molar-refractivity contribution is -0.146. The van der Waals surface area contributed by atoms with Crippen LogP contribution < -0.4 is 0 Å². The standard InChI is InChI=1S/C25H34N2O/c1-22(2,3)19-4-6-24(7-5-19)20(25(24,14-26)15-27)21(28)23-11-16-8-17(12-23)10-18(9-16)13-23/h16-20H,4-13H2,1-3H3/t16?,17?,18?,19?,20-,23?,24?/m0/s1. The highest BCUT2D eigenvalue weighted by atomic mass is 16.1. The van der Waals surface area contributed by atoms with Gasteiger partial charge < -0.3 is 0 Å². The van der Waals surface area contributed by atoms with E-state index in [9.17, 15) is 15.3 Å². The van der Waals surface area contributed by atoms with Crippen LogP contribution in [0, 0.1) is 73.9 Å². The highest BCUT2D eigenvalue weighted by molar-refractivity contribution is 5.94. The van der Waals surface area contributed by atoms with Crippen LogP contribution in [-0.2, 0) is 4.79 Å². The fraction of sp³-hybridized carbons (Fsp3) is 0.880. The zero-order chi connectivity index (χ0) is 19.9. The van der Waals surface area contributed by atoms with E-state index < -0.39 is 5.41 Å². The number of rotatable bonds is 2. The molecule has 6 aliphatic carbocycles. The van der Waals surface area contributed by atoms with Crippen LogP contribution in [0.25, 0.3) is 0 Å². The first-order valence-electron chi connectivity index (χ1n) is 11.6. The number of ketones is 1. The molecule has 0 aromatic heterocycles. The van der Waals surface area contributed by atoms with E-state index in [1.807, 2.05) is 0 Å². The van der Waals surface area contributed by atoms with Crippen LogP contribution in [0.3, 0.4) is 0 Å². The number of carbonyl (C=O) groups is 1. The molecule has 6 fully saturated rings. The molecule has 28 heavy (non-hydrogen) atoms. The van der Waals surface area contributed by atoms with Crippen molar-refractivity contribution in [2.45, 2.75) is 85.0 Å². The van der Waals surface area contributed by atoms with Crippen LogP contribution in [0.5, 0.6) is 0 Å². The van der Waals surface area contributed by atoms with Crippen molar-refractivity contribution < 1.29 is 4.79 Å². The summed E-state index contributed by atoms with van der Waals surface area (Å²) in [6, 6.07) is 4.79. The third kappa shape index (κ3) is 2.23. The minimum atomic E-state index is -1.05. The molecule has 6 rings (SSSR count). The summed E-state index contributed by atoms with van der Waals surface area (Å²) in [6.07, 6.45) is 11.0. The molecule has 0 aromatic rings. The molecule has 0 amide bonds. The Bertz CT molecular complexity index is 732. The lowest BCUT2D eigenvalue weighted by atomic mass is 9.48. The summed E-state index contributed by atoms with van der Waals surface area (Å²) in [4.78, 5) is 14.0. The number of nitriles is 2. The fourth-order valence-corrected chi connectivity index (χ4v) is 8.82. The topological polar surface area (TPSA) is 64.7 Å². The summed E-state index contributed by atoms with van der Waals surface area (Å²) in [5.74, 6) is 2.82. The van der Waals surface area contributed by atoms with Gasteiger partial charge in [-0.1, -0.05) is 20.8 Å². The Morgan fingerprint density at radius 1 is 0.893 bits per heavy atom. The van der Waals surface area contributed by atoms with Gasteiger partial charge in [0.05, 0.1) is 18.1 Å². The maximum Gasteiger partial charge on any atom is 0.160 e. The molecule has 6 saturated carbocycles. The van der Waals surface area contributed by atoms with Gasteiger partial charge in [-0.25, -0.2) is 0 Å². The molecule has 0 radical (unpaired) electrons. The Labute approximate surface area is 169 Å². The van der Waals surface area contributed by atoms with E-state index in [-0.39, 0.29) is 22.2 Å². The van der Waals surface area contributed by atoms with E-state index in [0.717, 1.165) is 62.7 Å². The number of nitrogens with zero attached hydrogens (tertiary/aromatic N) is 2. The predicted molar refractivity (Wildman–Crippen MR) is 107 cm³/mol. The summed E-state index contributed by atoms with van der Waals surface area (Å²) < 4.78 is 0. The van der Waals surface area contributed by atoms with Crippen LogP contribution >= 0.6 is 0 Å². The maximum absolute atomic E-state index is 14.0. The molecule has 3 heteroatoms. The first-order valence-corrected chi connectivity index (χ1v) is 11.6. The van der Waals surface area contributed by atoms with Crippen molar-refractivity contribution in [3.8, 4) is 12.1 Å². The molecule has 0 aliphatic heterocycles. The van der Waals surface area contributed by atoms with E-state index in [2.05, 4.69) is 32.9 Å². The molecule has 0 heterocycles. The van der Waals surface area contributed by atoms with Crippen LogP contribution in [0.2, 0.25) is 0 Å². The smallest absolute Gasteiger partial charge is 0.160 e. The van der Waals surface area contributed by atoms with Crippen LogP contribution in [-0.4, -0.2) is 5.78 Å². The molecule has 6 aliphatic rings. The van der Waals surface area contributed by atoms with Crippen molar-refractivity contribution in [2.75, 3.05) is 0 Å². The number of carbonyl (C=O) groups excluding carboxylic acids is 1. The molecule has 0 saturated heterocycles. The van der Waals surface area contributed by atoms with Crippen molar-refractivity contribution in [3.63, 3.8) is 0 Å². The lowest BCUT2D eigenvalue weighted by Crippen LogP contribution is -2.51. The SMILES string of the molecule is CC(C)(C)C1CCC2(CC1)[C@H](C(=O)C13CC4CC(CC(C4)C1)C3)C2(C#N)C#N. The summed E-state index contributed by atoms with van der Waals surface area (Å²) >= 11 is 0. The monoisotopic (exact) mass is 378 g/mol. The van der Waals surface area contributed by atoms with Gasteiger partial charge in [0.15, 0.2) is 5.41 Å². The van der Waals surface area contributed by atoms with Gasteiger partial charge in [-0.05, 0) is 93.3 Å². The van der Waals surface area contributed by atoms with Gasteiger partial charge in [0.25, 0.3) is 0 Å². The highest BCUT2D eigenvalue weighted by Gasteiger charge is 2.82. The first-order chi connectivity index (χ1) is 13.2. The van der Waals surface area contributed by atoms with Gasteiger partial charge >= 0.3 is 0 Å². The zero-order valence-electron chi connectivity index (χ0n) is 17.8. The predicted octanol–water partition coefficient (Wildman–Crippen LogP) is 5.66. The van der Waals surface area contributed by atoms with Gasteiger partial charge in [-0.15, -0.1) is 0 Å². The van der Waals surface area contributed by atoms with Crippen molar-refractivity contribution >= 4 is 5.78 Å². The normalized spacial score (nSPS) is 48.1. The van der Waals surface area contributed by atoms with E-state index in [4.69, 9.17) is 0 Å².